The molecule has 10 heavy (non-hydrogen) atoms. The summed E-state index contributed by atoms with van der Waals surface area (Å²) < 4.78 is 4.94. The maximum Gasteiger partial charge on any atom is 0.100 e. The molecule has 0 heterocycles. The van der Waals surface area contributed by atoms with Crippen LogP contribution in [0.4, 0.5) is 0 Å². The smallest absolute Gasteiger partial charge is 0.100 e. The molecule has 0 aliphatic rings. The minimum absolute atomic E-state index is 0.191. The molecule has 1 unspecified atom stereocenters. The Bertz CT molecular complexity index is 70.0. The molecule has 0 saturated heterocycles. The Morgan fingerprint density at radius 2 is 2.20 bits per heavy atom. The Morgan fingerprint density at radius 1 is 1.50 bits per heavy atom. The van der Waals surface area contributed by atoms with Gasteiger partial charge in [-0.15, -0.1) is 0 Å². The third-order valence-corrected chi connectivity index (χ3v) is 1.01. The van der Waals surface area contributed by atoms with E-state index in [0.717, 1.165) is 6.42 Å². The molecule has 1 atom stereocenters. The summed E-state index contributed by atoms with van der Waals surface area (Å²) in [6.07, 6.45) is 0.0378. The molecule has 0 aliphatic carbocycles. The lowest BCUT2D eigenvalue weighted by Crippen LogP contribution is -2.20. The van der Waals surface area contributed by atoms with Gasteiger partial charge in [0.05, 0.1) is 13.2 Å². The Balaban J connectivity index is 2.89. The molecule has 0 rings (SSSR count). The van der Waals surface area contributed by atoms with Gasteiger partial charge in [0.1, 0.15) is 6.10 Å². The number of hydrogen-bond acceptors (Lipinski definition) is 4. The Labute approximate surface area is 60.6 Å². The molecule has 0 aliphatic heterocycles. The van der Waals surface area contributed by atoms with Crippen LogP contribution in [-0.4, -0.2) is 42.7 Å². The molecule has 0 bridgehead atoms. The van der Waals surface area contributed by atoms with Crippen LogP contribution in [0.5, 0.6) is 0 Å². The minimum Gasteiger partial charge on any atom is -0.394 e. The van der Waals surface area contributed by atoms with Crippen molar-refractivity contribution in [3.05, 3.63) is 0 Å². The first kappa shape index (κ1) is 9.84. The molecule has 4 nitrogen and oxygen atoms in total. The fraction of sp³-hybridized carbons (Fsp3) is 1.00. The van der Waals surface area contributed by atoms with Crippen LogP contribution in [0, 0.1) is 0 Å². The van der Waals surface area contributed by atoms with Crippen LogP contribution >= 0.6 is 0 Å². The predicted molar refractivity (Wildman–Crippen MR) is 37.6 cm³/mol. The first-order chi connectivity index (χ1) is 4.81. The average molecular weight is 149 g/mol. The molecule has 0 saturated carbocycles. The molecule has 0 aromatic heterocycles. The van der Waals surface area contributed by atoms with Gasteiger partial charge >= 0.3 is 0 Å². The van der Waals surface area contributed by atoms with Crippen molar-refractivity contribution in [2.75, 3.05) is 26.4 Å². The number of hydrogen-bond donors (Lipinski definition) is 3. The molecular formula is C6H15NO3. The van der Waals surface area contributed by atoms with E-state index in [1.807, 2.05) is 0 Å². The largest absolute Gasteiger partial charge is 0.394 e. The number of ether oxygens (including phenoxy) is 1. The Kier molecular flexibility index (Phi) is 6.84. The highest BCUT2D eigenvalue weighted by atomic mass is 16.5. The van der Waals surface area contributed by atoms with Gasteiger partial charge in [-0.1, -0.05) is 0 Å². The van der Waals surface area contributed by atoms with E-state index in [9.17, 15) is 0 Å². The van der Waals surface area contributed by atoms with Crippen molar-refractivity contribution in [2.45, 2.75) is 12.5 Å². The van der Waals surface area contributed by atoms with E-state index >= 15 is 0 Å². The summed E-state index contributed by atoms with van der Waals surface area (Å²) in [5, 5.41) is 17.1. The van der Waals surface area contributed by atoms with Crippen LogP contribution < -0.4 is 5.73 Å². The summed E-state index contributed by atoms with van der Waals surface area (Å²) >= 11 is 0. The minimum atomic E-state index is -0.752. The zero-order chi connectivity index (χ0) is 7.82. The second-order valence-electron chi connectivity index (χ2n) is 2.05. The van der Waals surface area contributed by atoms with Crippen molar-refractivity contribution in [2.24, 2.45) is 5.73 Å². The lowest BCUT2D eigenvalue weighted by atomic mass is 10.4. The third kappa shape index (κ3) is 5.97. The molecule has 0 spiro atoms. The van der Waals surface area contributed by atoms with Crippen LogP contribution in [0.1, 0.15) is 6.42 Å². The van der Waals surface area contributed by atoms with E-state index in [2.05, 4.69) is 0 Å². The van der Waals surface area contributed by atoms with Crippen molar-refractivity contribution < 1.29 is 14.9 Å². The van der Waals surface area contributed by atoms with Crippen LogP contribution in [0.15, 0.2) is 0 Å². The molecule has 0 aromatic carbocycles. The summed E-state index contributed by atoms with van der Waals surface area (Å²) in [5.41, 5.74) is 5.19. The third-order valence-electron chi connectivity index (χ3n) is 1.01. The van der Waals surface area contributed by atoms with Crippen LogP contribution in [0.25, 0.3) is 0 Å². The van der Waals surface area contributed by atoms with E-state index in [1.165, 1.54) is 0 Å². The highest BCUT2D eigenvalue weighted by molar-refractivity contribution is 4.48. The summed E-state index contributed by atoms with van der Waals surface area (Å²) in [5.74, 6) is 0. The summed E-state index contributed by atoms with van der Waals surface area (Å²) in [6.45, 7) is 1.09. The van der Waals surface area contributed by atoms with Crippen LogP contribution in [0.2, 0.25) is 0 Å². The number of nitrogens with two attached hydrogens (primary N) is 1. The molecular weight excluding hydrogens is 134 g/mol. The second kappa shape index (κ2) is 6.95. The quantitative estimate of drug-likeness (QED) is 0.410. The van der Waals surface area contributed by atoms with Crippen molar-refractivity contribution in [3.8, 4) is 0 Å². The molecule has 0 amide bonds. The van der Waals surface area contributed by atoms with Gasteiger partial charge in [0.25, 0.3) is 0 Å². The number of aliphatic hydroxyl groups excluding tert-OH is 2. The Hall–Kier alpha value is -0.160. The van der Waals surface area contributed by atoms with Crippen molar-refractivity contribution in [1.82, 2.24) is 0 Å². The molecule has 4 N–H and O–H groups in total. The van der Waals surface area contributed by atoms with Gasteiger partial charge < -0.3 is 20.7 Å². The van der Waals surface area contributed by atoms with Gasteiger partial charge in [-0.25, -0.2) is 0 Å². The predicted octanol–water partition coefficient (Wildman–Crippen LogP) is -1.30. The maximum atomic E-state index is 8.75. The van der Waals surface area contributed by atoms with Crippen molar-refractivity contribution >= 4 is 0 Å². The second-order valence-corrected chi connectivity index (χ2v) is 2.05. The standard InChI is InChI=1S/C6H15NO3/c7-2-1-3-10-5-6(9)4-8/h6,8-9H,1-5,7H2. The van der Waals surface area contributed by atoms with Crippen LogP contribution in [-0.2, 0) is 4.74 Å². The van der Waals surface area contributed by atoms with Gasteiger partial charge in [0, 0.05) is 6.61 Å². The molecule has 4 heteroatoms. The maximum absolute atomic E-state index is 8.75. The summed E-state index contributed by atoms with van der Waals surface area (Å²) in [6, 6.07) is 0. The van der Waals surface area contributed by atoms with E-state index in [4.69, 9.17) is 20.7 Å². The first-order valence-corrected chi connectivity index (χ1v) is 3.38. The number of aliphatic hydroxyl groups is 2. The van der Waals surface area contributed by atoms with Gasteiger partial charge in [-0.3, -0.25) is 0 Å². The lowest BCUT2D eigenvalue weighted by Gasteiger charge is -2.06. The van der Waals surface area contributed by atoms with Gasteiger partial charge in [0.15, 0.2) is 0 Å². The monoisotopic (exact) mass is 149 g/mol. The lowest BCUT2D eigenvalue weighted by molar-refractivity contribution is 0.00612. The van der Waals surface area contributed by atoms with Gasteiger partial charge in [-0.2, -0.15) is 0 Å². The van der Waals surface area contributed by atoms with Gasteiger partial charge in [0.2, 0.25) is 0 Å². The molecule has 62 valence electrons. The molecule has 0 radical (unpaired) electrons. The van der Waals surface area contributed by atoms with Crippen molar-refractivity contribution in [1.29, 1.82) is 0 Å². The van der Waals surface area contributed by atoms with E-state index in [1.54, 1.807) is 0 Å². The zero-order valence-electron chi connectivity index (χ0n) is 5.99. The Morgan fingerprint density at radius 3 is 2.70 bits per heavy atom. The normalized spacial score (nSPS) is 13.5. The van der Waals surface area contributed by atoms with E-state index in [-0.39, 0.29) is 13.2 Å². The zero-order valence-corrected chi connectivity index (χ0v) is 5.99. The van der Waals surface area contributed by atoms with Gasteiger partial charge in [-0.05, 0) is 13.0 Å². The summed E-state index contributed by atoms with van der Waals surface area (Å²) in [4.78, 5) is 0. The average Bonchev–Trinajstić information content (AvgIpc) is 1.98. The van der Waals surface area contributed by atoms with E-state index < -0.39 is 6.10 Å². The van der Waals surface area contributed by atoms with Crippen molar-refractivity contribution in [3.63, 3.8) is 0 Å². The number of rotatable bonds is 6. The van der Waals surface area contributed by atoms with Crippen LogP contribution in [0.3, 0.4) is 0 Å². The SMILES string of the molecule is NCCCOCC(O)CO. The fourth-order valence-corrected chi connectivity index (χ4v) is 0.457. The highest BCUT2D eigenvalue weighted by Gasteiger charge is 1.99. The molecule has 0 fully saturated rings. The first-order valence-electron chi connectivity index (χ1n) is 3.38. The van der Waals surface area contributed by atoms with E-state index in [0.29, 0.717) is 13.2 Å². The topological polar surface area (TPSA) is 75.7 Å². The highest BCUT2D eigenvalue weighted by Crippen LogP contribution is 1.84. The molecule has 0 aromatic rings. The fourth-order valence-electron chi connectivity index (χ4n) is 0.457. The summed E-state index contributed by atoms with van der Waals surface area (Å²) in [7, 11) is 0.